The third kappa shape index (κ3) is 5.64. The maximum absolute atomic E-state index is 12.1. The lowest BCUT2D eigenvalue weighted by Gasteiger charge is -2.08. The minimum Gasteiger partial charge on any atom is -0.467 e. The largest absolute Gasteiger partial charge is 0.467 e. The van der Waals surface area contributed by atoms with Crippen LogP contribution in [0.1, 0.15) is 30.0 Å². The van der Waals surface area contributed by atoms with E-state index in [1.165, 1.54) is 11.8 Å². The summed E-state index contributed by atoms with van der Waals surface area (Å²) in [5.41, 5.74) is 1.95. The molecule has 0 saturated carbocycles. The molecule has 0 saturated heterocycles. The molecule has 160 valence electrons. The van der Waals surface area contributed by atoms with Crippen LogP contribution in [-0.2, 0) is 20.8 Å². The molecule has 9 heteroatoms. The molecule has 3 aromatic rings. The predicted molar refractivity (Wildman–Crippen MR) is 114 cm³/mol. The van der Waals surface area contributed by atoms with Gasteiger partial charge in [0.15, 0.2) is 5.16 Å². The lowest BCUT2D eigenvalue weighted by molar-refractivity contribution is -0.118. The monoisotopic (exact) mass is 431 g/mol. The number of hydrogen-bond acceptors (Lipinski definition) is 7. The smallest absolute Gasteiger partial charge is 0.338 e. The van der Waals surface area contributed by atoms with Gasteiger partial charge < -0.3 is 23.8 Å². The van der Waals surface area contributed by atoms with Crippen LogP contribution >= 0.6 is 11.8 Å². The maximum atomic E-state index is 12.1. The Balaban J connectivity index is 1.79. The Morgan fingerprint density at radius 1 is 1.23 bits per heavy atom. The number of carbonyl (C=O) groups excluding carboxylic acids is 2. The summed E-state index contributed by atoms with van der Waals surface area (Å²) < 4.78 is 17.8. The number of furan rings is 1. The highest BCUT2D eigenvalue weighted by Gasteiger charge is 2.16. The van der Waals surface area contributed by atoms with Crippen molar-refractivity contribution in [2.45, 2.75) is 25.5 Å². The number of benzene rings is 1. The number of rotatable bonds is 11. The summed E-state index contributed by atoms with van der Waals surface area (Å²) in [4.78, 5) is 28.8. The van der Waals surface area contributed by atoms with Crippen LogP contribution in [0.4, 0.5) is 0 Å². The Bertz CT molecular complexity index is 984. The Labute approximate surface area is 178 Å². The SMILES string of the molecule is CCOCCNC(=O)CSc1nc2cc(C(=O)OCC)ccc2n1Cc1ccco1. The van der Waals surface area contributed by atoms with E-state index in [1.54, 1.807) is 25.3 Å². The first-order valence-electron chi connectivity index (χ1n) is 9.79. The predicted octanol–water partition coefficient (Wildman–Crippen LogP) is 3.10. The van der Waals surface area contributed by atoms with Gasteiger partial charge in [0.25, 0.3) is 0 Å². The molecule has 0 bridgehead atoms. The minimum atomic E-state index is -0.386. The summed E-state index contributed by atoms with van der Waals surface area (Å²) >= 11 is 1.33. The second-order valence-electron chi connectivity index (χ2n) is 6.32. The Hall–Kier alpha value is -2.78. The van der Waals surface area contributed by atoms with Crippen molar-refractivity contribution < 1.29 is 23.5 Å². The molecule has 0 aliphatic rings. The fraction of sp³-hybridized carbons (Fsp3) is 0.381. The van der Waals surface area contributed by atoms with E-state index in [4.69, 9.17) is 13.9 Å². The van der Waals surface area contributed by atoms with E-state index < -0.39 is 0 Å². The van der Waals surface area contributed by atoms with Crippen molar-refractivity contribution in [2.75, 3.05) is 32.1 Å². The van der Waals surface area contributed by atoms with Gasteiger partial charge in [-0.1, -0.05) is 11.8 Å². The normalized spacial score (nSPS) is 11.0. The van der Waals surface area contributed by atoms with Crippen LogP contribution < -0.4 is 5.32 Å². The molecule has 1 amide bonds. The van der Waals surface area contributed by atoms with E-state index >= 15 is 0 Å². The third-order valence-electron chi connectivity index (χ3n) is 4.22. The highest BCUT2D eigenvalue weighted by atomic mass is 32.2. The van der Waals surface area contributed by atoms with Crippen molar-refractivity contribution in [3.63, 3.8) is 0 Å². The molecule has 0 radical (unpaired) electrons. The fourth-order valence-corrected chi connectivity index (χ4v) is 3.70. The summed E-state index contributed by atoms with van der Waals surface area (Å²) in [5, 5.41) is 3.49. The zero-order valence-electron chi connectivity index (χ0n) is 17.1. The van der Waals surface area contributed by atoms with Gasteiger partial charge in [0.1, 0.15) is 5.76 Å². The van der Waals surface area contributed by atoms with Gasteiger partial charge in [-0.15, -0.1) is 0 Å². The molecule has 0 atom stereocenters. The van der Waals surface area contributed by atoms with Crippen molar-refractivity contribution in [1.82, 2.24) is 14.9 Å². The van der Waals surface area contributed by atoms with E-state index in [2.05, 4.69) is 10.3 Å². The summed E-state index contributed by atoms with van der Waals surface area (Å²) in [5.74, 6) is 0.511. The highest BCUT2D eigenvalue weighted by Crippen LogP contribution is 2.26. The van der Waals surface area contributed by atoms with Crippen molar-refractivity contribution in [2.24, 2.45) is 0 Å². The second kappa shape index (κ2) is 10.8. The van der Waals surface area contributed by atoms with Crippen molar-refractivity contribution in [3.05, 3.63) is 47.9 Å². The van der Waals surface area contributed by atoms with E-state index in [0.717, 1.165) is 11.3 Å². The Morgan fingerprint density at radius 3 is 2.83 bits per heavy atom. The first-order chi connectivity index (χ1) is 14.6. The van der Waals surface area contributed by atoms with Gasteiger partial charge in [-0.3, -0.25) is 4.79 Å². The Kier molecular flexibility index (Phi) is 7.92. The molecule has 1 aromatic carbocycles. The number of fused-ring (bicyclic) bond motifs is 1. The number of hydrogen-bond donors (Lipinski definition) is 1. The van der Waals surface area contributed by atoms with Crippen LogP contribution in [-0.4, -0.2) is 53.5 Å². The number of nitrogens with zero attached hydrogens (tertiary/aromatic N) is 2. The van der Waals surface area contributed by atoms with E-state index in [-0.39, 0.29) is 17.6 Å². The molecule has 0 spiro atoms. The van der Waals surface area contributed by atoms with Gasteiger partial charge in [-0.25, -0.2) is 9.78 Å². The maximum Gasteiger partial charge on any atom is 0.338 e. The molecule has 0 aliphatic carbocycles. The number of carbonyl (C=O) groups is 2. The lowest BCUT2D eigenvalue weighted by atomic mass is 10.2. The van der Waals surface area contributed by atoms with Gasteiger partial charge in [0.05, 0.1) is 48.4 Å². The van der Waals surface area contributed by atoms with Gasteiger partial charge in [0, 0.05) is 13.2 Å². The quantitative estimate of drug-likeness (QED) is 0.283. The van der Waals surface area contributed by atoms with Crippen LogP contribution in [0.25, 0.3) is 11.0 Å². The molecule has 0 unspecified atom stereocenters. The molecule has 3 rings (SSSR count). The number of imidazole rings is 1. The zero-order chi connectivity index (χ0) is 21.3. The third-order valence-corrected chi connectivity index (χ3v) is 5.20. The van der Waals surface area contributed by atoms with Crippen molar-refractivity contribution in [1.29, 1.82) is 0 Å². The molecular formula is C21H25N3O5S. The van der Waals surface area contributed by atoms with E-state index in [0.29, 0.717) is 49.1 Å². The molecule has 0 aliphatic heterocycles. The van der Waals surface area contributed by atoms with E-state index in [1.807, 2.05) is 29.7 Å². The van der Waals surface area contributed by atoms with Crippen LogP contribution in [0.2, 0.25) is 0 Å². The first kappa shape index (κ1) is 21.9. The Morgan fingerprint density at radius 2 is 2.10 bits per heavy atom. The molecule has 2 heterocycles. The summed E-state index contributed by atoms with van der Waals surface area (Å²) in [6, 6.07) is 8.97. The number of thioether (sulfide) groups is 1. The van der Waals surface area contributed by atoms with Crippen LogP contribution in [0.3, 0.4) is 0 Å². The highest BCUT2D eigenvalue weighted by molar-refractivity contribution is 7.99. The minimum absolute atomic E-state index is 0.0940. The first-order valence-corrected chi connectivity index (χ1v) is 10.8. The lowest BCUT2D eigenvalue weighted by Crippen LogP contribution is -2.28. The molecule has 2 aromatic heterocycles. The van der Waals surface area contributed by atoms with Crippen LogP contribution in [0, 0.1) is 0 Å². The average molecular weight is 432 g/mol. The van der Waals surface area contributed by atoms with Gasteiger partial charge in [-0.05, 0) is 44.2 Å². The topological polar surface area (TPSA) is 95.6 Å². The molecule has 8 nitrogen and oxygen atoms in total. The number of aromatic nitrogens is 2. The zero-order valence-corrected chi connectivity index (χ0v) is 17.9. The molecular weight excluding hydrogens is 406 g/mol. The molecule has 30 heavy (non-hydrogen) atoms. The van der Waals surface area contributed by atoms with Gasteiger partial charge >= 0.3 is 5.97 Å². The number of esters is 1. The number of nitrogens with one attached hydrogen (secondary N) is 1. The molecule has 1 N–H and O–H groups in total. The molecule has 0 fully saturated rings. The summed E-state index contributed by atoms with van der Waals surface area (Å²) in [7, 11) is 0. The van der Waals surface area contributed by atoms with Gasteiger partial charge in [0.2, 0.25) is 5.91 Å². The number of amides is 1. The van der Waals surface area contributed by atoms with E-state index in [9.17, 15) is 9.59 Å². The standard InChI is InChI=1S/C21H25N3O5S/c1-3-27-11-9-22-19(25)14-30-21-23-17-12-15(20(26)28-4-2)7-8-18(17)24(21)13-16-6-5-10-29-16/h5-8,10,12H,3-4,9,11,13-14H2,1-2H3,(H,22,25). The number of ether oxygens (including phenoxy) is 2. The van der Waals surface area contributed by atoms with Crippen LogP contribution in [0.5, 0.6) is 0 Å². The summed E-state index contributed by atoms with van der Waals surface area (Å²) in [6.07, 6.45) is 1.62. The summed E-state index contributed by atoms with van der Waals surface area (Å²) in [6.45, 7) is 6.03. The van der Waals surface area contributed by atoms with Gasteiger partial charge in [-0.2, -0.15) is 0 Å². The second-order valence-corrected chi connectivity index (χ2v) is 7.26. The average Bonchev–Trinajstić information content (AvgIpc) is 3.38. The van der Waals surface area contributed by atoms with Crippen LogP contribution in [0.15, 0.2) is 46.2 Å². The fourth-order valence-electron chi connectivity index (χ4n) is 2.86. The van der Waals surface area contributed by atoms with Crippen molar-refractivity contribution in [3.8, 4) is 0 Å². The van der Waals surface area contributed by atoms with Crippen molar-refractivity contribution >= 4 is 34.7 Å².